The maximum Gasteiger partial charge on any atom is 0.335 e. The van der Waals surface area contributed by atoms with Crippen LogP contribution in [0.25, 0.3) is 0 Å². The van der Waals surface area contributed by atoms with Gasteiger partial charge in [-0.15, -0.1) is 0 Å². The number of hydrogen-bond donors (Lipinski definition) is 1. The molecule has 0 radical (unpaired) electrons. The molecule has 0 aliphatic carbocycles. The number of carbonyl (C=O) groups is 1. The van der Waals surface area contributed by atoms with E-state index in [1.807, 2.05) is 0 Å². The molecule has 0 unspecified atom stereocenters. The fraction of sp³-hybridized carbons (Fsp3) is 0. The quantitative estimate of drug-likeness (QED) is 0.907. The fourth-order valence-corrected chi connectivity index (χ4v) is 1.32. The van der Waals surface area contributed by atoms with E-state index < -0.39 is 5.97 Å². The van der Waals surface area contributed by atoms with Gasteiger partial charge in [-0.1, -0.05) is 17.7 Å². The molecule has 17 heavy (non-hydrogen) atoms. The molecule has 86 valence electrons. The van der Waals surface area contributed by atoms with Crippen LogP contribution in [0.5, 0.6) is 11.6 Å². The number of nitrogens with zero attached hydrogens (tertiary/aromatic N) is 2. The predicted octanol–water partition coefficient (Wildman–Crippen LogP) is 2.62. The summed E-state index contributed by atoms with van der Waals surface area (Å²) in [5, 5.41) is 9.08. The van der Waals surface area contributed by atoms with Gasteiger partial charge >= 0.3 is 5.97 Å². The number of benzene rings is 1. The van der Waals surface area contributed by atoms with E-state index in [4.69, 9.17) is 21.4 Å². The maximum atomic E-state index is 10.8. The lowest BCUT2D eigenvalue weighted by Gasteiger charge is -2.05. The number of hydrogen-bond acceptors (Lipinski definition) is 4. The normalized spacial score (nSPS) is 9.94. The fourth-order valence-electron chi connectivity index (χ4n) is 1.18. The summed E-state index contributed by atoms with van der Waals surface area (Å²) in [6.45, 7) is 0. The molecule has 0 spiro atoms. The van der Waals surface area contributed by atoms with Gasteiger partial charge in [0.25, 0.3) is 0 Å². The summed E-state index contributed by atoms with van der Waals surface area (Å²) in [5.41, 5.74) is 0.132. The molecule has 1 N–H and O–H groups in total. The van der Waals surface area contributed by atoms with Gasteiger partial charge < -0.3 is 9.84 Å². The summed E-state index contributed by atoms with van der Waals surface area (Å²) in [4.78, 5) is 18.3. The van der Waals surface area contributed by atoms with Crippen LogP contribution in [0.4, 0.5) is 0 Å². The highest BCUT2D eigenvalue weighted by atomic mass is 35.5. The van der Waals surface area contributed by atoms with Crippen LogP contribution in [-0.2, 0) is 0 Å². The minimum Gasteiger partial charge on any atom is -0.478 e. The first-order valence-corrected chi connectivity index (χ1v) is 5.01. The Morgan fingerprint density at radius 3 is 2.94 bits per heavy atom. The van der Waals surface area contributed by atoms with Crippen LogP contribution in [0.3, 0.4) is 0 Å². The third kappa shape index (κ3) is 2.70. The van der Waals surface area contributed by atoms with Crippen LogP contribution in [0.1, 0.15) is 10.4 Å². The van der Waals surface area contributed by atoms with Gasteiger partial charge in [0.05, 0.1) is 11.8 Å². The molecule has 5 nitrogen and oxygen atoms in total. The van der Waals surface area contributed by atoms with E-state index in [-0.39, 0.29) is 16.5 Å². The second kappa shape index (κ2) is 4.80. The molecule has 0 atom stereocenters. The van der Waals surface area contributed by atoms with Crippen molar-refractivity contribution >= 4 is 17.6 Å². The molecule has 0 amide bonds. The summed E-state index contributed by atoms with van der Waals surface area (Å²) in [6, 6.07) is 6.05. The Balaban J connectivity index is 2.28. The SMILES string of the molecule is O=C(O)c1cccc(Oc2ncncc2Cl)c1. The lowest BCUT2D eigenvalue weighted by atomic mass is 10.2. The van der Waals surface area contributed by atoms with Crippen molar-refractivity contribution in [1.82, 2.24) is 9.97 Å². The highest BCUT2D eigenvalue weighted by Gasteiger charge is 2.07. The summed E-state index contributed by atoms with van der Waals surface area (Å²) < 4.78 is 5.35. The zero-order valence-electron chi connectivity index (χ0n) is 8.50. The number of aromatic nitrogens is 2. The molecular formula is C11H7ClN2O3. The zero-order valence-corrected chi connectivity index (χ0v) is 9.26. The van der Waals surface area contributed by atoms with Crippen LogP contribution in [0, 0.1) is 0 Å². The van der Waals surface area contributed by atoms with Gasteiger partial charge in [0.2, 0.25) is 5.88 Å². The van der Waals surface area contributed by atoms with E-state index >= 15 is 0 Å². The van der Waals surface area contributed by atoms with E-state index in [0.29, 0.717) is 5.75 Å². The van der Waals surface area contributed by atoms with Gasteiger partial charge in [-0.25, -0.2) is 14.8 Å². The van der Waals surface area contributed by atoms with Crippen molar-refractivity contribution < 1.29 is 14.6 Å². The molecule has 0 aliphatic rings. The van der Waals surface area contributed by atoms with Gasteiger partial charge in [-0.2, -0.15) is 0 Å². The van der Waals surface area contributed by atoms with E-state index in [9.17, 15) is 4.79 Å². The molecule has 2 rings (SSSR count). The second-order valence-electron chi connectivity index (χ2n) is 3.11. The average Bonchev–Trinajstić information content (AvgIpc) is 2.32. The van der Waals surface area contributed by atoms with Crippen LogP contribution in [0.15, 0.2) is 36.8 Å². The topological polar surface area (TPSA) is 72.3 Å². The van der Waals surface area contributed by atoms with Crippen molar-refractivity contribution in [3.63, 3.8) is 0 Å². The van der Waals surface area contributed by atoms with Crippen LogP contribution < -0.4 is 4.74 Å². The van der Waals surface area contributed by atoms with Crippen LogP contribution in [0.2, 0.25) is 5.02 Å². The van der Waals surface area contributed by atoms with E-state index in [0.717, 1.165) is 0 Å². The van der Waals surface area contributed by atoms with Gasteiger partial charge in [0.15, 0.2) is 0 Å². The number of aromatic carboxylic acids is 1. The first kappa shape index (κ1) is 11.3. The predicted molar refractivity (Wildman–Crippen MR) is 60.5 cm³/mol. The Morgan fingerprint density at radius 1 is 1.41 bits per heavy atom. The Morgan fingerprint density at radius 2 is 2.24 bits per heavy atom. The minimum atomic E-state index is -1.02. The molecule has 6 heteroatoms. The van der Waals surface area contributed by atoms with Gasteiger partial charge in [-0.3, -0.25) is 0 Å². The first-order valence-electron chi connectivity index (χ1n) is 4.63. The highest BCUT2D eigenvalue weighted by Crippen LogP contribution is 2.26. The third-order valence-electron chi connectivity index (χ3n) is 1.93. The van der Waals surface area contributed by atoms with Gasteiger partial charge in [-0.05, 0) is 18.2 Å². The molecule has 1 heterocycles. The Labute approximate surface area is 102 Å². The number of halogens is 1. The molecule has 0 saturated heterocycles. The van der Waals surface area contributed by atoms with Crippen LogP contribution in [-0.4, -0.2) is 21.0 Å². The van der Waals surface area contributed by atoms with Crippen molar-refractivity contribution in [3.05, 3.63) is 47.4 Å². The Kier molecular flexibility index (Phi) is 3.20. The Bertz CT molecular complexity index is 560. The Hall–Kier alpha value is -2.14. The molecule has 0 bridgehead atoms. The lowest BCUT2D eigenvalue weighted by molar-refractivity contribution is 0.0696. The maximum absolute atomic E-state index is 10.8. The van der Waals surface area contributed by atoms with Crippen LogP contribution >= 0.6 is 11.6 Å². The summed E-state index contributed by atoms with van der Waals surface area (Å²) in [5.74, 6) is -0.487. The van der Waals surface area contributed by atoms with Crippen molar-refractivity contribution in [3.8, 4) is 11.6 Å². The highest BCUT2D eigenvalue weighted by molar-refractivity contribution is 6.31. The smallest absolute Gasteiger partial charge is 0.335 e. The van der Waals surface area contributed by atoms with Crippen molar-refractivity contribution in [2.45, 2.75) is 0 Å². The zero-order chi connectivity index (χ0) is 12.3. The van der Waals surface area contributed by atoms with Crippen molar-refractivity contribution in [1.29, 1.82) is 0 Å². The molecular weight excluding hydrogens is 244 g/mol. The minimum absolute atomic E-state index is 0.132. The third-order valence-corrected chi connectivity index (χ3v) is 2.19. The van der Waals surface area contributed by atoms with E-state index in [1.54, 1.807) is 12.1 Å². The second-order valence-corrected chi connectivity index (χ2v) is 3.52. The number of rotatable bonds is 3. The number of carboxylic acid groups (broad SMARTS) is 1. The molecule has 0 saturated carbocycles. The molecule has 1 aromatic carbocycles. The van der Waals surface area contributed by atoms with Gasteiger partial charge in [0.1, 0.15) is 17.1 Å². The van der Waals surface area contributed by atoms with Crippen molar-refractivity contribution in [2.24, 2.45) is 0 Å². The monoisotopic (exact) mass is 250 g/mol. The molecule has 1 aromatic heterocycles. The molecule has 0 fully saturated rings. The largest absolute Gasteiger partial charge is 0.478 e. The average molecular weight is 251 g/mol. The van der Waals surface area contributed by atoms with E-state index in [2.05, 4.69) is 9.97 Å². The van der Waals surface area contributed by atoms with Gasteiger partial charge in [0, 0.05) is 0 Å². The standard InChI is InChI=1S/C11H7ClN2O3/c12-9-5-13-6-14-10(9)17-8-3-1-2-7(4-8)11(15)16/h1-6H,(H,15,16). The number of ether oxygens (including phenoxy) is 1. The first-order chi connectivity index (χ1) is 8.16. The summed E-state index contributed by atoms with van der Waals surface area (Å²) in [6.07, 6.45) is 2.69. The summed E-state index contributed by atoms with van der Waals surface area (Å²) in [7, 11) is 0. The summed E-state index contributed by atoms with van der Waals surface area (Å²) >= 11 is 5.81. The molecule has 2 aromatic rings. The lowest BCUT2D eigenvalue weighted by Crippen LogP contribution is -1.96. The van der Waals surface area contributed by atoms with E-state index in [1.165, 1.54) is 24.7 Å². The molecule has 0 aliphatic heterocycles. The van der Waals surface area contributed by atoms with Crippen molar-refractivity contribution in [2.75, 3.05) is 0 Å². The number of carboxylic acids is 1.